The van der Waals surface area contributed by atoms with Gasteiger partial charge in [-0.15, -0.1) is 0 Å². The molecule has 4 heteroatoms. The monoisotopic (exact) mass is 372 g/mol. The Labute approximate surface area is 162 Å². The van der Waals surface area contributed by atoms with Crippen LogP contribution < -0.4 is 0 Å². The van der Waals surface area contributed by atoms with Crippen molar-refractivity contribution in [2.75, 3.05) is 26.6 Å². The van der Waals surface area contributed by atoms with E-state index in [1.807, 2.05) is 0 Å². The van der Waals surface area contributed by atoms with Crippen molar-refractivity contribution in [3.05, 3.63) is 11.7 Å². The maximum absolute atomic E-state index is 6.02. The normalized spacial score (nSPS) is 12.0. The van der Waals surface area contributed by atoms with Crippen molar-refractivity contribution >= 4 is 0 Å². The van der Waals surface area contributed by atoms with Crippen molar-refractivity contribution in [1.82, 2.24) is 0 Å². The zero-order valence-corrected chi connectivity index (χ0v) is 17.9. The Morgan fingerprint density at radius 2 is 1.15 bits per heavy atom. The number of unbranched alkanes of at least 4 members (excludes halogenated alkanes) is 7. The topological polar surface area (TPSA) is 36.9 Å². The Morgan fingerprint density at radius 1 is 0.538 bits per heavy atom. The van der Waals surface area contributed by atoms with Gasteiger partial charge in [-0.3, -0.25) is 0 Å². The number of rotatable bonds is 20. The second kappa shape index (κ2) is 20.4. The molecule has 0 amide bonds. The Hall–Kier alpha value is -0.900. The van der Waals surface area contributed by atoms with Crippen molar-refractivity contribution in [3.63, 3.8) is 0 Å². The van der Waals surface area contributed by atoms with Gasteiger partial charge in [0.2, 0.25) is 0 Å². The molecule has 0 aliphatic rings. The number of hydrogen-bond acceptors (Lipinski definition) is 4. The quantitative estimate of drug-likeness (QED) is 0.132. The molecule has 0 atom stereocenters. The minimum Gasteiger partial charge on any atom is -0.491 e. The highest BCUT2D eigenvalue weighted by Gasteiger charge is 2.12. The third-order valence-corrected chi connectivity index (χ3v) is 4.13. The van der Waals surface area contributed by atoms with Gasteiger partial charge < -0.3 is 18.9 Å². The first-order valence-corrected chi connectivity index (χ1v) is 11.0. The molecule has 0 saturated carbocycles. The molecule has 0 radical (unpaired) electrons. The summed E-state index contributed by atoms with van der Waals surface area (Å²) in [7, 11) is 0. The summed E-state index contributed by atoms with van der Waals surface area (Å²) < 4.78 is 23.3. The van der Waals surface area contributed by atoms with Crippen molar-refractivity contribution in [3.8, 4) is 0 Å². The molecule has 0 N–H and O–H groups in total. The highest BCUT2D eigenvalue weighted by atomic mass is 16.7. The standard InChI is InChI=1S/C22H44O4/c1-5-9-12-14-18-24-21(16-8-4)22(25-19-15-13-10-6-2)26-20-23-17-11-7-3/h5-20H2,1-4H3. The van der Waals surface area contributed by atoms with E-state index in [4.69, 9.17) is 18.9 Å². The summed E-state index contributed by atoms with van der Waals surface area (Å²) in [5.74, 6) is 1.38. The van der Waals surface area contributed by atoms with E-state index >= 15 is 0 Å². The first-order chi connectivity index (χ1) is 12.8. The Bertz CT molecular complexity index is 299. The molecule has 0 aliphatic heterocycles. The summed E-state index contributed by atoms with van der Waals surface area (Å²) in [5, 5.41) is 0. The molecule has 0 saturated heterocycles. The highest BCUT2D eigenvalue weighted by molar-refractivity contribution is 4.95. The maximum Gasteiger partial charge on any atom is 0.321 e. The van der Waals surface area contributed by atoms with Crippen molar-refractivity contribution < 1.29 is 18.9 Å². The van der Waals surface area contributed by atoms with Crippen LogP contribution in [0.3, 0.4) is 0 Å². The molecule has 0 aromatic rings. The van der Waals surface area contributed by atoms with Gasteiger partial charge in [0.1, 0.15) is 0 Å². The van der Waals surface area contributed by atoms with E-state index in [9.17, 15) is 0 Å². The van der Waals surface area contributed by atoms with E-state index in [1.54, 1.807) is 0 Å². The van der Waals surface area contributed by atoms with Gasteiger partial charge in [-0.2, -0.15) is 0 Å². The van der Waals surface area contributed by atoms with E-state index in [1.165, 1.54) is 38.5 Å². The van der Waals surface area contributed by atoms with Gasteiger partial charge in [-0.1, -0.05) is 72.6 Å². The highest BCUT2D eigenvalue weighted by Crippen LogP contribution is 2.18. The van der Waals surface area contributed by atoms with Gasteiger partial charge in [0.05, 0.1) is 19.8 Å². The first-order valence-electron chi connectivity index (χ1n) is 11.0. The number of hydrogen-bond donors (Lipinski definition) is 0. The van der Waals surface area contributed by atoms with Crippen LogP contribution in [-0.2, 0) is 18.9 Å². The summed E-state index contributed by atoms with van der Waals surface area (Å²) in [6.07, 6.45) is 13.5. The summed E-state index contributed by atoms with van der Waals surface area (Å²) in [6, 6.07) is 0. The molecular formula is C22H44O4. The smallest absolute Gasteiger partial charge is 0.321 e. The summed E-state index contributed by atoms with van der Waals surface area (Å²) in [6.45, 7) is 11.1. The molecular weight excluding hydrogens is 328 g/mol. The third kappa shape index (κ3) is 15.4. The summed E-state index contributed by atoms with van der Waals surface area (Å²) >= 11 is 0. The van der Waals surface area contributed by atoms with E-state index in [0.29, 0.717) is 12.6 Å². The van der Waals surface area contributed by atoms with Crippen molar-refractivity contribution in [2.45, 2.75) is 105 Å². The van der Waals surface area contributed by atoms with Crippen LogP contribution in [0.4, 0.5) is 0 Å². The molecule has 0 bridgehead atoms. The molecule has 0 rings (SSSR count). The fourth-order valence-electron chi connectivity index (χ4n) is 2.48. The van der Waals surface area contributed by atoms with Gasteiger partial charge in [0, 0.05) is 6.42 Å². The molecule has 0 aromatic heterocycles. The summed E-state index contributed by atoms with van der Waals surface area (Å²) in [4.78, 5) is 0. The molecule has 26 heavy (non-hydrogen) atoms. The first kappa shape index (κ1) is 25.1. The van der Waals surface area contributed by atoms with Crippen LogP contribution in [0, 0.1) is 0 Å². The van der Waals surface area contributed by atoms with E-state index in [2.05, 4.69) is 27.7 Å². The Morgan fingerprint density at radius 3 is 1.73 bits per heavy atom. The van der Waals surface area contributed by atoms with Crippen LogP contribution in [0.1, 0.15) is 105 Å². The van der Waals surface area contributed by atoms with Crippen LogP contribution in [-0.4, -0.2) is 26.6 Å². The Balaban J connectivity index is 4.54. The molecule has 4 nitrogen and oxygen atoms in total. The third-order valence-electron chi connectivity index (χ3n) is 4.13. The predicted molar refractivity (Wildman–Crippen MR) is 109 cm³/mol. The maximum atomic E-state index is 6.02. The van der Waals surface area contributed by atoms with Crippen LogP contribution in [0.15, 0.2) is 11.7 Å². The van der Waals surface area contributed by atoms with Gasteiger partial charge in [0.25, 0.3) is 0 Å². The molecule has 0 spiro atoms. The number of allylic oxidation sites excluding steroid dienone is 1. The largest absolute Gasteiger partial charge is 0.491 e. The van der Waals surface area contributed by atoms with E-state index in [0.717, 1.165) is 57.5 Å². The molecule has 0 heterocycles. The average molecular weight is 373 g/mol. The lowest BCUT2D eigenvalue weighted by atomic mass is 10.2. The minimum absolute atomic E-state index is 0.233. The summed E-state index contributed by atoms with van der Waals surface area (Å²) in [5.41, 5.74) is 0. The van der Waals surface area contributed by atoms with Crippen LogP contribution in [0.25, 0.3) is 0 Å². The van der Waals surface area contributed by atoms with E-state index in [-0.39, 0.29) is 6.79 Å². The van der Waals surface area contributed by atoms with Gasteiger partial charge in [0.15, 0.2) is 12.6 Å². The molecule has 0 aromatic carbocycles. The van der Waals surface area contributed by atoms with Crippen molar-refractivity contribution in [1.29, 1.82) is 0 Å². The zero-order chi connectivity index (χ0) is 19.3. The minimum atomic E-state index is 0.233. The van der Waals surface area contributed by atoms with Gasteiger partial charge in [-0.25, -0.2) is 0 Å². The molecule has 0 aliphatic carbocycles. The SMILES string of the molecule is CCCCCCOC(CCC)=C(OCCCCCC)OCOCCCC. The predicted octanol–water partition coefficient (Wildman–Crippen LogP) is 6.94. The fraction of sp³-hybridized carbons (Fsp3) is 0.909. The van der Waals surface area contributed by atoms with Crippen LogP contribution in [0.5, 0.6) is 0 Å². The second-order valence-corrected chi connectivity index (χ2v) is 6.80. The Kier molecular flexibility index (Phi) is 19.7. The molecule has 156 valence electrons. The lowest BCUT2D eigenvalue weighted by molar-refractivity contribution is -0.0843. The number of ether oxygens (including phenoxy) is 4. The van der Waals surface area contributed by atoms with Gasteiger partial charge >= 0.3 is 5.95 Å². The van der Waals surface area contributed by atoms with Gasteiger partial charge in [-0.05, 0) is 25.7 Å². The molecule has 0 unspecified atom stereocenters. The lowest BCUT2D eigenvalue weighted by Crippen LogP contribution is -2.10. The zero-order valence-electron chi connectivity index (χ0n) is 17.9. The average Bonchev–Trinajstić information content (AvgIpc) is 2.65. The van der Waals surface area contributed by atoms with Crippen LogP contribution in [0.2, 0.25) is 0 Å². The van der Waals surface area contributed by atoms with E-state index < -0.39 is 0 Å². The molecule has 0 fully saturated rings. The van der Waals surface area contributed by atoms with Crippen LogP contribution >= 0.6 is 0 Å². The fourth-order valence-corrected chi connectivity index (χ4v) is 2.48. The lowest BCUT2D eigenvalue weighted by Gasteiger charge is -2.17. The second-order valence-electron chi connectivity index (χ2n) is 6.80. The van der Waals surface area contributed by atoms with Crippen molar-refractivity contribution in [2.24, 2.45) is 0 Å².